The minimum atomic E-state index is -0.380. The van der Waals surface area contributed by atoms with E-state index in [1.165, 1.54) is 12.3 Å². The van der Waals surface area contributed by atoms with Gasteiger partial charge < -0.3 is 19.1 Å². The van der Waals surface area contributed by atoms with Crippen molar-refractivity contribution in [1.29, 1.82) is 0 Å². The van der Waals surface area contributed by atoms with Gasteiger partial charge in [0.05, 0.1) is 6.20 Å². The Labute approximate surface area is 239 Å². The van der Waals surface area contributed by atoms with Crippen molar-refractivity contribution < 1.29 is 30.2 Å². The molecule has 0 saturated carbocycles. The Morgan fingerprint density at radius 1 is 0.718 bits per heavy atom. The molecule has 0 N–H and O–H groups in total. The van der Waals surface area contributed by atoms with E-state index >= 15 is 0 Å². The molecule has 0 atom stereocenters. The van der Waals surface area contributed by atoms with Crippen LogP contribution >= 0.6 is 0 Å². The van der Waals surface area contributed by atoms with Crippen LogP contribution in [0.4, 0.5) is 15.8 Å². The molecule has 0 spiro atoms. The average Bonchev–Trinajstić information content (AvgIpc) is 3.58. The van der Waals surface area contributed by atoms with Gasteiger partial charge in [-0.1, -0.05) is 41.9 Å². The van der Waals surface area contributed by atoms with Crippen LogP contribution in [0.1, 0.15) is 0 Å². The summed E-state index contributed by atoms with van der Waals surface area (Å²) in [6.45, 7) is 2.00. The van der Waals surface area contributed by atoms with Gasteiger partial charge in [0.2, 0.25) is 0 Å². The molecule has 6 aromatic rings. The van der Waals surface area contributed by atoms with Crippen molar-refractivity contribution in [3.8, 4) is 17.3 Å². The van der Waals surface area contributed by atoms with E-state index < -0.39 is 0 Å². The van der Waals surface area contributed by atoms with E-state index in [1.54, 1.807) is 6.07 Å². The number of fused-ring (bicyclic) bond motifs is 3. The quantitative estimate of drug-likeness (QED) is 0.174. The van der Waals surface area contributed by atoms with E-state index in [0.29, 0.717) is 17.3 Å². The second-order valence-corrected chi connectivity index (χ2v) is 8.84. The summed E-state index contributed by atoms with van der Waals surface area (Å²) in [5, 5.41) is 2.07. The van der Waals surface area contributed by atoms with Crippen molar-refractivity contribution in [1.82, 2.24) is 9.55 Å². The molecular formula is C32H20FN4OPt-3. The summed E-state index contributed by atoms with van der Waals surface area (Å²) >= 11 is 0. The third-order valence-electron chi connectivity index (χ3n) is 6.44. The van der Waals surface area contributed by atoms with Gasteiger partial charge in [0.15, 0.2) is 0 Å². The summed E-state index contributed by atoms with van der Waals surface area (Å²) in [4.78, 5) is 8.36. The van der Waals surface area contributed by atoms with Crippen molar-refractivity contribution in [3.05, 3.63) is 140 Å². The van der Waals surface area contributed by atoms with Crippen molar-refractivity contribution in [3.63, 3.8) is 0 Å². The standard InChI is InChI=1S/C32H20FN4O.Pt/c33-23-13-16-32(34-21-23)37-30-12-5-4-11-28(30)29-15-14-27(20-31(29)37)38-26-10-6-9-25(19-26)36-18-17-35(22-36)24-7-2-1-3-8-24;/h1-18,21-22H;/q-3;. The second-order valence-electron chi connectivity index (χ2n) is 8.84. The van der Waals surface area contributed by atoms with E-state index in [4.69, 9.17) is 4.74 Å². The predicted molar refractivity (Wildman–Crippen MR) is 148 cm³/mol. The Morgan fingerprint density at radius 3 is 2.36 bits per heavy atom. The summed E-state index contributed by atoms with van der Waals surface area (Å²) in [6, 6.07) is 37.7. The number of hydrogen-bond donors (Lipinski definition) is 0. The Hall–Kier alpha value is -4.41. The molecule has 7 heteroatoms. The van der Waals surface area contributed by atoms with Crippen LogP contribution in [-0.4, -0.2) is 9.55 Å². The number of para-hydroxylation sites is 2. The van der Waals surface area contributed by atoms with Gasteiger partial charge in [-0.05, 0) is 48.1 Å². The Bertz CT molecular complexity index is 1800. The molecule has 0 radical (unpaired) electrons. The van der Waals surface area contributed by atoms with Crippen LogP contribution < -0.4 is 14.5 Å². The van der Waals surface area contributed by atoms with Crippen LogP contribution in [0.15, 0.2) is 116 Å². The number of nitrogens with zero attached hydrogens (tertiary/aromatic N) is 4. The molecule has 1 aliphatic heterocycles. The van der Waals surface area contributed by atoms with E-state index in [1.807, 2.05) is 100 Å². The van der Waals surface area contributed by atoms with Crippen LogP contribution in [0.2, 0.25) is 0 Å². The maximum absolute atomic E-state index is 13.6. The fourth-order valence-corrected chi connectivity index (χ4v) is 4.69. The van der Waals surface area contributed by atoms with Gasteiger partial charge >= 0.3 is 0 Å². The second kappa shape index (κ2) is 10.4. The molecule has 4 aromatic carbocycles. The topological polar surface area (TPSA) is 33.5 Å². The fourth-order valence-electron chi connectivity index (χ4n) is 4.69. The van der Waals surface area contributed by atoms with E-state index in [-0.39, 0.29) is 26.9 Å². The molecule has 2 aromatic heterocycles. The van der Waals surface area contributed by atoms with Crippen LogP contribution in [0.3, 0.4) is 0 Å². The predicted octanol–water partition coefficient (Wildman–Crippen LogP) is 7.63. The molecule has 0 amide bonds. The van der Waals surface area contributed by atoms with Gasteiger partial charge in [-0.15, -0.1) is 48.1 Å². The molecule has 39 heavy (non-hydrogen) atoms. The molecule has 1 aliphatic rings. The zero-order valence-electron chi connectivity index (χ0n) is 20.4. The van der Waals surface area contributed by atoms with Crippen LogP contribution in [0, 0.1) is 24.6 Å². The Balaban J connectivity index is 0.00000277. The first-order valence-electron chi connectivity index (χ1n) is 12.2. The number of rotatable bonds is 5. The summed E-state index contributed by atoms with van der Waals surface area (Å²) in [7, 11) is 0. The monoisotopic (exact) mass is 690 g/mol. The summed E-state index contributed by atoms with van der Waals surface area (Å²) in [5.41, 5.74) is 3.69. The van der Waals surface area contributed by atoms with Crippen molar-refractivity contribution in [2.75, 3.05) is 9.80 Å². The first-order chi connectivity index (χ1) is 18.7. The van der Waals surface area contributed by atoms with E-state index in [9.17, 15) is 4.39 Å². The number of halogens is 1. The van der Waals surface area contributed by atoms with Crippen LogP contribution in [0.5, 0.6) is 11.5 Å². The van der Waals surface area contributed by atoms with Crippen molar-refractivity contribution in [2.45, 2.75) is 0 Å². The molecule has 3 heterocycles. The molecule has 5 nitrogen and oxygen atoms in total. The Kier molecular flexibility index (Phi) is 6.63. The smallest absolute Gasteiger partial charge is 0.141 e. The van der Waals surface area contributed by atoms with Crippen LogP contribution in [-0.2, 0) is 21.1 Å². The van der Waals surface area contributed by atoms with Gasteiger partial charge in [0.25, 0.3) is 0 Å². The van der Waals surface area contributed by atoms with E-state index in [2.05, 4.69) is 35.3 Å². The van der Waals surface area contributed by atoms with Crippen molar-refractivity contribution >= 4 is 33.2 Å². The van der Waals surface area contributed by atoms with Gasteiger partial charge in [-0.25, -0.2) is 9.37 Å². The number of hydrogen-bond acceptors (Lipinski definition) is 4. The third-order valence-corrected chi connectivity index (χ3v) is 6.44. The van der Waals surface area contributed by atoms with Gasteiger partial charge in [0, 0.05) is 43.8 Å². The SMILES string of the molecule is Fc1ccc(-n2c3[c-]c(Oc4[c-]c(N5C=CN(c6ccccc6)[CH-]5)ccc4)ccc3c3ccccc32)nc1.[Pt]. The maximum atomic E-state index is 13.6. The van der Waals surface area contributed by atoms with Gasteiger partial charge in [-0.2, -0.15) is 12.1 Å². The molecule has 7 rings (SSSR count). The summed E-state index contributed by atoms with van der Waals surface area (Å²) < 4.78 is 21.8. The number of anilines is 2. The summed E-state index contributed by atoms with van der Waals surface area (Å²) in [6.07, 6.45) is 5.20. The Morgan fingerprint density at radius 2 is 1.51 bits per heavy atom. The third kappa shape index (κ3) is 4.68. The molecule has 0 unspecified atom stereocenters. The first-order valence-corrected chi connectivity index (χ1v) is 12.2. The number of pyridine rings is 1. The number of aromatic nitrogens is 2. The molecule has 0 bridgehead atoms. The molecule has 0 saturated heterocycles. The zero-order valence-corrected chi connectivity index (χ0v) is 22.7. The molecule has 0 aliphatic carbocycles. The molecule has 194 valence electrons. The first kappa shape index (κ1) is 24.9. The normalized spacial score (nSPS) is 12.7. The fraction of sp³-hybridized carbons (Fsp3) is 0. The maximum Gasteiger partial charge on any atom is 0.141 e. The minimum absolute atomic E-state index is 0. The number of ether oxygens (including phenoxy) is 1. The summed E-state index contributed by atoms with van der Waals surface area (Å²) in [5.74, 6) is 1.35. The van der Waals surface area contributed by atoms with Crippen LogP contribution in [0.25, 0.3) is 27.6 Å². The molecular weight excluding hydrogens is 670 g/mol. The molecule has 0 fully saturated rings. The minimum Gasteiger partial charge on any atom is -0.509 e. The average molecular weight is 691 g/mol. The zero-order chi connectivity index (χ0) is 25.5. The van der Waals surface area contributed by atoms with Gasteiger partial charge in [-0.3, -0.25) is 0 Å². The largest absolute Gasteiger partial charge is 0.509 e. The van der Waals surface area contributed by atoms with E-state index in [0.717, 1.165) is 33.2 Å². The van der Waals surface area contributed by atoms with Crippen molar-refractivity contribution in [2.24, 2.45) is 0 Å². The number of benzene rings is 4. The van der Waals surface area contributed by atoms with Gasteiger partial charge in [0.1, 0.15) is 11.6 Å².